The molecule has 0 spiro atoms. The van der Waals surface area contributed by atoms with Crippen LogP contribution in [-0.4, -0.2) is 44.6 Å². The smallest absolute Gasteiger partial charge is 0.240 e. The third-order valence-corrected chi connectivity index (χ3v) is 8.45. The molecule has 1 fully saturated rings. The van der Waals surface area contributed by atoms with Gasteiger partial charge >= 0.3 is 0 Å². The zero-order valence-electron chi connectivity index (χ0n) is 16.7. The molecule has 7 heteroatoms. The maximum absolute atomic E-state index is 13.1. The molecular formula is C22H27FN2O3S. The van der Waals surface area contributed by atoms with E-state index in [4.69, 9.17) is 0 Å². The number of nitrogens with one attached hydrogen (secondary N) is 1. The van der Waals surface area contributed by atoms with Gasteiger partial charge in [-0.3, -0.25) is 0 Å². The summed E-state index contributed by atoms with van der Waals surface area (Å²) >= 11 is 0. The Labute approximate surface area is 171 Å². The molecule has 1 heterocycles. The van der Waals surface area contributed by atoms with Crippen LogP contribution in [0.25, 0.3) is 0 Å². The van der Waals surface area contributed by atoms with Crippen molar-refractivity contribution < 1.29 is 17.9 Å². The van der Waals surface area contributed by atoms with E-state index in [1.807, 2.05) is 12.1 Å². The minimum atomic E-state index is -3.70. The van der Waals surface area contributed by atoms with Crippen molar-refractivity contribution in [2.45, 2.75) is 42.5 Å². The summed E-state index contributed by atoms with van der Waals surface area (Å²) in [5.41, 5.74) is 2.20. The Morgan fingerprint density at radius 3 is 2.69 bits per heavy atom. The van der Waals surface area contributed by atoms with Crippen LogP contribution in [0.2, 0.25) is 0 Å². The lowest BCUT2D eigenvalue weighted by atomic mass is 9.56. The predicted molar refractivity (Wildman–Crippen MR) is 110 cm³/mol. The van der Waals surface area contributed by atoms with Crippen molar-refractivity contribution in [1.82, 2.24) is 9.62 Å². The van der Waals surface area contributed by atoms with Gasteiger partial charge in [-0.05, 0) is 86.3 Å². The number of sulfonamides is 1. The fraction of sp³-hybridized carbons (Fsp3) is 0.455. The number of nitrogens with zero attached hydrogens (tertiary/aromatic N) is 1. The summed E-state index contributed by atoms with van der Waals surface area (Å²) in [5, 5.41) is 10.1. The van der Waals surface area contributed by atoms with Crippen LogP contribution in [0.3, 0.4) is 0 Å². The number of benzene rings is 2. The monoisotopic (exact) mass is 418 g/mol. The molecule has 5 nitrogen and oxygen atoms in total. The molecule has 0 saturated carbocycles. The van der Waals surface area contributed by atoms with E-state index in [1.165, 1.54) is 17.7 Å². The third-order valence-electron chi connectivity index (χ3n) is 6.97. The van der Waals surface area contributed by atoms with Crippen LogP contribution in [0.15, 0.2) is 47.4 Å². The highest BCUT2D eigenvalue weighted by molar-refractivity contribution is 7.89. The lowest BCUT2D eigenvalue weighted by molar-refractivity contribution is 0.0367. The summed E-state index contributed by atoms with van der Waals surface area (Å²) in [7, 11) is -1.55. The Balaban J connectivity index is 1.60. The molecule has 29 heavy (non-hydrogen) atoms. The van der Waals surface area contributed by atoms with E-state index in [2.05, 4.69) is 23.6 Å². The fourth-order valence-corrected chi connectivity index (χ4v) is 6.29. The lowest BCUT2D eigenvalue weighted by Crippen LogP contribution is -2.58. The van der Waals surface area contributed by atoms with Crippen molar-refractivity contribution in [2.75, 3.05) is 20.1 Å². The Bertz CT molecular complexity index is 1010. The highest BCUT2D eigenvalue weighted by Gasteiger charge is 2.50. The first-order valence-corrected chi connectivity index (χ1v) is 11.5. The molecule has 2 bridgehead atoms. The first-order valence-electron chi connectivity index (χ1n) is 10.0. The predicted octanol–water partition coefficient (Wildman–Crippen LogP) is 3.03. The molecular weight excluding hydrogens is 391 g/mol. The van der Waals surface area contributed by atoms with E-state index in [9.17, 15) is 17.9 Å². The van der Waals surface area contributed by atoms with Gasteiger partial charge in [0.1, 0.15) is 11.6 Å². The van der Waals surface area contributed by atoms with Gasteiger partial charge in [-0.15, -0.1) is 0 Å². The van der Waals surface area contributed by atoms with Crippen molar-refractivity contribution >= 4 is 10.0 Å². The van der Waals surface area contributed by atoms with Crippen LogP contribution in [0.1, 0.15) is 30.9 Å². The highest BCUT2D eigenvalue weighted by Crippen LogP contribution is 2.51. The molecule has 156 valence electrons. The summed E-state index contributed by atoms with van der Waals surface area (Å²) in [6, 6.07) is 10.8. The maximum Gasteiger partial charge on any atom is 0.240 e. The molecule has 4 rings (SSSR count). The fourth-order valence-electron chi connectivity index (χ4n) is 5.26. The number of phenols is 1. The standard InChI is InChI=1S/C22H27FN2O3S/c1-15-21-13-16-3-6-18(26)14-20(16)22(15,10-12-25(21)2)9-11-24-29(27,28)19-7-4-17(23)5-8-19/h3-8,14-15,21,24,26H,9-13H2,1-2H3/t15-,21+,22?/m0/s1. The summed E-state index contributed by atoms with van der Waals surface area (Å²) in [6.45, 7) is 3.46. The van der Waals surface area contributed by atoms with Gasteiger partial charge in [-0.2, -0.15) is 0 Å². The van der Waals surface area contributed by atoms with E-state index in [-0.39, 0.29) is 22.6 Å². The number of halogens is 1. The van der Waals surface area contributed by atoms with E-state index < -0.39 is 15.8 Å². The average molecular weight is 419 g/mol. The van der Waals surface area contributed by atoms with Crippen LogP contribution in [0.5, 0.6) is 5.75 Å². The molecule has 1 unspecified atom stereocenters. The quantitative estimate of drug-likeness (QED) is 0.783. The summed E-state index contributed by atoms with van der Waals surface area (Å²) < 4.78 is 41.0. The molecule has 0 aromatic heterocycles. The minimum Gasteiger partial charge on any atom is -0.508 e. The van der Waals surface area contributed by atoms with Gasteiger partial charge in [-0.1, -0.05) is 13.0 Å². The van der Waals surface area contributed by atoms with Crippen LogP contribution in [0.4, 0.5) is 4.39 Å². The Hall–Kier alpha value is -1.96. The van der Waals surface area contributed by atoms with Gasteiger partial charge in [0.2, 0.25) is 10.0 Å². The van der Waals surface area contributed by atoms with Crippen molar-refractivity contribution in [3.63, 3.8) is 0 Å². The number of likely N-dealkylation sites (N-methyl/N-ethyl adjacent to an activating group) is 1. The second-order valence-corrected chi connectivity index (χ2v) is 10.2. The van der Waals surface area contributed by atoms with Crippen molar-refractivity contribution in [2.24, 2.45) is 5.92 Å². The number of rotatable bonds is 5. The number of likely N-dealkylation sites (tertiary alicyclic amines) is 1. The van der Waals surface area contributed by atoms with Gasteiger partial charge in [-0.25, -0.2) is 17.5 Å². The number of aromatic hydroxyl groups is 1. The third kappa shape index (κ3) is 3.56. The van der Waals surface area contributed by atoms with Gasteiger partial charge in [0.15, 0.2) is 0 Å². The zero-order valence-corrected chi connectivity index (χ0v) is 17.5. The second kappa shape index (κ2) is 7.38. The van der Waals surface area contributed by atoms with Crippen molar-refractivity contribution in [3.8, 4) is 5.75 Å². The SMILES string of the molecule is C[C@H]1[C@H]2Cc3ccc(O)cc3C1(CCNS(=O)(=O)c1ccc(F)cc1)CCN2C. The Morgan fingerprint density at radius 2 is 1.97 bits per heavy atom. The van der Waals surface area contributed by atoms with Gasteiger partial charge in [0.25, 0.3) is 0 Å². The van der Waals surface area contributed by atoms with Crippen LogP contribution >= 0.6 is 0 Å². The highest BCUT2D eigenvalue weighted by atomic mass is 32.2. The van der Waals surface area contributed by atoms with Crippen molar-refractivity contribution in [3.05, 3.63) is 59.4 Å². The molecule has 2 aromatic carbocycles. The van der Waals surface area contributed by atoms with Crippen LogP contribution in [0, 0.1) is 11.7 Å². The molecule has 1 saturated heterocycles. The molecule has 2 aromatic rings. The van der Waals surface area contributed by atoms with Crippen molar-refractivity contribution in [1.29, 1.82) is 0 Å². The van der Waals surface area contributed by atoms with E-state index in [0.29, 0.717) is 18.4 Å². The molecule has 0 amide bonds. The largest absolute Gasteiger partial charge is 0.508 e. The van der Waals surface area contributed by atoms with E-state index in [1.54, 1.807) is 6.07 Å². The minimum absolute atomic E-state index is 0.0624. The second-order valence-electron chi connectivity index (χ2n) is 8.39. The van der Waals surface area contributed by atoms with Gasteiger partial charge < -0.3 is 10.0 Å². The van der Waals surface area contributed by atoms with Gasteiger partial charge in [0.05, 0.1) is 4.90 Å². The molecule has 0 radical (unpaired) electrons. The zero-order chi connectivity index (χ0) is 20.8. The van der Waals surface area contributed by atoms with Crippen LogP contribution in [-0.2, 0) is 21.9 Å². The van der Waals surface area contributed by atoms with E-state index in [0.717, 1.165) is 37.1 Å². The summed E-state index contributed by atoms with van der Waals surface area (Å²) in [6.07, 6.45) is 2.50. The first-order chi connectivity index (χ1) is 13.7. The van der Waals surface area contributed by atoms with E-state index >= 15 is 0 Å². The number of fused-ring (bicyclic) bond motifs is 4. The lowest BCUT2D eigenvalue weighted by Gasteiger charge is -2.55. The molecule has 2 aliphatic rings. The topological polar surface area (TPSA) is 69.6 Å². The Morgan fingerprint density at radius 1 is 1.24 bits per heavy atom. The number of hydrogen-bond acceptors (Lipinski definition) is 4. The maximum atomic E-state index is 13.1. The average Bonchev–Trinajstić information content (AvgIpc) is 2.67. The molecule has 1 aliphatic heterocycles. The number of piperidine rings is 1. The first kappa shape index (κ1) is 20.3. The van der Waals surface area contributed by atoms with Gasteiger partial charge in [0, 0.05) is 18.0 Å². The molecule has 3 atom stereocenters. The van der Waals surface area contributed by atoms with Crippen LogP contribution < -0.4 is 4.72 Å². The number of hydrogen-bond donors (Lipinski definition) is 2. The normalized spacial score (nSPS) is 26.9. The number of phenolic OH excluding ortho intramolecular Hbond substituents is 1. The Kier molecular flexibility index (Phi) is 5.17. The molecule has 1 aliphatic carbocycles. The summed E-state index contributed by atoms with van der Waals surface area (Å²) in [4.78, 5) is 2.45. The molecule has 2 N–H and O–H groups in total. The summed E-state index contributed by atoms with van der Waals surface area (Å²) in [5.74, 6) is 0.123.